The first kappa shape index (κ1) is 18.2. The molecular formula is C16H12Br3NO3. The Morgan fingerprint density at radius 1 is 1.04 bits per heavy atom. The Kier molecular flexibility index (Phi) is 6.38. The summed E-state index contributed by atoms with van der Waals surface area (Å²) in [6, 6.07) is 11.4. The number of carboxylic acid groups (broad SMARTS) is 1. The van der Waals surface area contributed by atoms with Gasteiger partial charge < -0.3 is 10.4 Å². The van der Waals surface area contributed by atoms with Crippen molar-refractivity contribution in [3.8, 4) is 0 Å². The van der Waals surface area contributed by atoms with Crippen molar-refractivity contribution < 1.29 is 14.7 Å². The van der Waals surface area contributed by atoms with Crippen LogP contribution in [0.4, 0.5) is 0 Å². The molecule has 2 aromatic rings. The van der Waals surface area contributed by atoms with E-state index in [9.17, 15) is 14.7 Å². The lowest BCUT2D eigenvalue weighted by molar-refractivity contribution is -0.139. The summed E-state index contributed by atoms with van der Waals surface area (Å²) in [6.45, 7) is 0. The van der Waals surface area contributed by atoms with E-state index in [2.05, 4.69) is 53.1 Å². The number of aliphatic carboxylic acids is 1. The molecule has 0 saturated carbocycles. The van der Waals surface area contributed by atoms with E-state index >= 15 is 0 Å². The van der Waals surface area contributed by atoms with E-state index in [1.165, 1.54) is 0 Å². The molecule has 23 heavy (non-hydrogen) atoms. The zero-order chi connectivity index (χ0) is 17.0. The summed E-state index contributed by atoms with van der Waals surface area (Å²) in [6.07, 6.45) is 0.192. The smallest absolute Gasteiger partial charge is 0.326 e. The highest BCUT2D eigenvalue weighted by atomic mass is 79.9. The third kappa shape index (κ3) is 5.16. The van der Waals surface area contributed by atoms with Crippen molar-refractivity contribution >= 4 is 59.7 Å². The van der Waals surface area contributed by atoms with Gasteiger partial charge >= 0.3 is 5.97 Å². The summed E-state index contributed by atoms with van der Waals surface area (Å²) in [5.41, 5.74) is 1.19. The number of carbonyl (C=O) groups is 2. The number of rotatable bonds is 5. The fourth-order valence-corrected chi connectivity index (χ4v) is 3.75. The maximum atomic E-state index is 12.3. The van der Waals surface area contributed by atoms with Gasteiger partial charge in [-0.25, -0.2) is 4.79 Å². The Bertz CT molecular complexity index is 729. The van der Waals surface area contributed by atoms with Crippen molar-refractivity contribution in [1.29, 1.82) is 0 Å². The van der Waals surface area contributed by atoms with Gasteiger partial charge in [-0.2, -0.15) is 0 Å². The lowest BCUT2D eigenvalue weighted by Gasteiger charge is -2.16. The molecule has 0 unspecified atom stereocenters. The maximum Gasteiger partial charge on any atom is 0.326 e. The van der Waals surface area contributed by atoms with Crippen molar-refractivity contribution in [3.63, 3.8) is 0 Å². The van der Waals surface area contributed by atoms with Gasteiger partial charge in [0.1, 0.15) is 6.04 Å². The second-order valence-corrected chi connectivity index (χ2v) is 7.50. The molecule has 0 fully saturated rings. The number of benzene rings is 2. The average Bonchev–Trinajstić information content (AvgIpc) is 2.47. The van der Waals surface area contributed by atoms with Crippen LogP contribution in [-0.4, -0.2) is 23.0 Å². The number of hydrogen-bond donors (Lipinski definition) is 2. The molecule has 0 heterocycles. The van der Waals surface area contributed by atoms with Gasteiger partial charge in [0.05, 0.1) is 0 Å². The number of hydrogen-bond acceptors (Lipinski definition) is 2. The van der Waals surface area contributed by atoms with Gasteiger partial charge in [0, 0.05) is 25.4 Å². The van der Waals surface area contributed by atoms with E-state index in [4.69, 9.17) is 0 Å². The standard InChI is InChI=1S/C16H12Br3NO3/c17-11-5-10(6-12(18)8-11)15(21)20-14(16(22)23)7-9-3-1-2-4-13(9)19/h1-6,8,14H,7H2,(H,20,21)(H,22,23)/t14-/m0/s1. The average molecular weight is 506 g/mol. The molecule has 2 rings (SSSR count). The molecule has 7 heteroatoms. The first-order valence-corrected chi connectivity index (χ1v) is 8.98. The summed E-state index contributed by atoms with van der Waals surface area (Å²) in [5, 5.41) is 11.9. The lowest BCUT2D eigenvalue weighted by Crippen LogP contribution is -2.42. The summed E-state index contributed by atoms with van der Waals surface area (Å²) in [7, 11) is 0. The quantitative estimate of drug-likeness (QED) is 0.633. The molecule has 0 saturated heterocycles. The maximum absolute atomic E-state index is 12.3. The van der Waals surface area contributed by atoms with E-state index in [0.717, 1.165) is 19.0 Å². The fraction of sp³-hybridized carbons (Fsp3) is 0.125. The van der Waals surface area contributed by atoms with Crippen molar-refractivity contribution in [2.75, 3.05) is 0 Å². The third-order valence-electron chi connectivity index (χ3n) is 3.11. The molecule has 0 radical (unpaired) electrons. The van der Waals surface area contributed by atoms with E-state index in [0.29, 0.717) is 5.56 Å². The molecule has 2 aromatic carbocycles. The predicted octanol–water partition coefficient (Wildman–Crippen LogP) is 4.40. The van der Waals surface area contributed by atoms with Gasteiger partial charge in [-0.3, -0.25) is 4.79 Å². The minimum atomic E-state index is -1.08. The van der Waals surface area contributed by atoms with Gasteiger partial charge in [0.25, 0.3) is 5.91 Å². The number of nitrogens with one attached hydrogen (secondary N) is 1. The molecule has 0 spiro atoms. The fourth-order valence-electron chi connectivity index (χ4n) is 2.01. The number of amides is 1. The van der Waals surface area contributed by atoms with Crippen molar-refractivity contribution in [3.05, 3.63) is 67.0 Å². The highest BCUT2D eigenvalue weighted by Crippen LogP contribution is 2.21. The summed E-state index contributed by atoms with van der Waals surface area (Å²) in [5.74, 6) is -1.52. The van der Waals surface area contributed by atoms with E-state index in [-0.39, 0.29) is 6.42 Å². The zero-order valence-corrected chi connectivity index (χ0v) is 16.5. The highest BCUT2D eigenvalue weighted by molar-refractivity contribution is 9.11. The third-order valence-corrected chi connectivity index (χ3v) is 4.80. The SMILES string of the molecule is O=C(N[C@@H](Cc1ccccc1Br)C(=O)O)c1cc(Br)cc(Br)c1. The minimum absolute atomic E-state index is 0.192. The summed E-state index contributed by atoms with van der Waals surface area (Å²) >= 11 is 10.0. The van der Waals surface area contributed by atoms with Crippen LogP contribution in [0.3, 0.4) is 0 Å². The van der Waals surface area contributed by atoms with Gasteiger partial charge in [-0.05, 0) is 29.8 Å². The topological polar surface area (TPSA) is 66.4 Å². The van der Waals surface area contributed by atoms with Crippen LogP contribution < -0.4 is 5.32 Å². The number of carboxylic acids is 1. The van der Waals surface area contributed by atoms with E-state index in [1.54, 1.807) is 18.2 Å². The number of carbonyl (C=O) groups excluding carboxylic acids is 1. The van der Waals surface area contributed by atoms with E-state index < -0.39 is 17.9 Å². The lowest BCUT2D eigenvalue weighted by atomic mass is 10.1. The van der Waals surface area contributed by atoms with Crippen LogP contribution in [0.2, 0.25) is 0 Å². The van der Waals surface area contributed by atoms with Crippen LogP contribution in [0.15, 0.2) is 55.9 Å². The Balaban J connectivity index is 2.18. The van der Waals surface area contributed by atoms with Crippen LogP contribution in [0.25, 0.3) is 0 Å². The molecule has 0 aliphatic carbocycles. The van der Waals surface area contributed by atoms with Crippen molar-refractivity contribution in [2.45, 2.75) is 12.5 Å². The van der Waals surface area contributed by atoms with Crippen molar-refractivity contribution in [2.24, 2.45) is 0 Å². The van der Waals surface area contributed by atoms with Gasteiger partial charge in [0.15, 0.2) is 0 Å². The molecule has 0 bridgehead atoms. The molecule has 0 aliphatic heterocycles. The van der Waals surface area contributed by atoms with Crippen LogP contribution >= 0.6 is 47.8 Å². The molecular weight excluding hydrogens is 494 g/mol. The Morgan fingerprint density at radius 2 is 1.65 bits per heavy atom. The first-order chi connectivity index (χ1) is 10.9. The van der Waals surface area contributed by atoms with Gasteiger partial charge in [0.2, 0.25) is 0 Å². The Hall–Kier alpha value is -1.18. The molecule has 2 N–H and O–H groups in total. The van der Waals surface area contributed by atoms with Crippen LogP contribution in [0.5, 0.6) is 0 Å². The molecule has 1 atom stereocenters. The van der Waals surface area contributed by atoms with E-state index in [1.807, 2.05) is 24.3 Å². The van der Waals surface area contributed by atoms with Crippen molar-refractivity contribution in [1.82, 2.24) is 5.32 Å². The molecule has 120 valence electrons. The Morgan fingerprint density at radius 3 is 2.22 bits per heavy atom. The Labute approximate surface area is 158 Å². The summed E-state index contributed by atoms with van der Waals surface area (Å²) < 4.78 is 2.27. The largest absolute Gasteiger partial charge is 0.480 e. The predicted molar refractivity (Wildman–Crippen MR) is 98.6 cm³/mol. The van der Waals surface area contributed by atoms with Gasteiger partial charge in [-0.1, -0.05) is 66.0 Å². The van der Waals surface area contributed by atoms with Crippen LogP contribution in [0.1, 0.15) is 15.9 Å². The summed E-state index contributed by atoms with van der Waals surface area (Å²) in [4.78, 5) is 23.8. The molecule has 1 amide bonds. The second-order valence-electron chi connectivity index (χ2n) is 4.82. The highest BCUT2D eigenvalue weighted by Gasteiger charge is 2.22. The van der Waals surface area contributed by atoms with Crippen LogP contribution in [-0.2, 0) is 11.2 Å². The molecule has 0 aliphatic rings. The normalized spacial score (nSPS) is 11.8. The van der Waals surface area contributed by atoms with Gasteiger partial charge in [-0.15, -0.1) is 0 Å². The van der Waals surface area contributed by atoms with Crippen LogP contribution in [0, 0.1) is 0 Å². The second kappa shape index (κ2) is 8.08. The molecule has 4 nitrogen and oxygen atoms in total. The number of halogens is 3. The zero-order valence-electron chi connectivity index (χ0n) is 11.7. The monoisotopic (exact) mass is 503 g/mol. The molecule has 0 aromatic heterocycles. The first-order valence-electron chi connectivity index (χ1n) is 6.60. The minimum Gasteiger partial charge on any atom is -0.480 e.